The normalized spacial score (nSPS) is 18.2. The van der Waals surface area contributed by atoms with Gasteiger partial charge >= 0.3 is 5.97 Å². The molecular weight excluding hydrogens is 246 g/mol. The molecule has 98 valence electrons. The minimum absolute atomic E-state index is 0.0615. The number of amides is 1. The van der Waals surface area contributed by atoms with Gasteiger partial charge in [0, 0.05) is 30.6 Å². The van der Waals surface area contributed by atoms with Gasteiger partial charge in [0.1, 0.15) is 11.3 Å². The van der Waals surface area contributed by atoms with Gasteiger partial charge < -0.3 is 14.7 Å². The van der Waals surface area contributed by atoms with Crippen molar-refractivity contribution >= 4 is 17.6 Å². The van der Waals surface area contributed by atoms with Crippen LogP contribution < -0.4 is 4.90 Å². The highest BCUT2D eigenvalue weighted by Crippen LogP contribution is 2.29. The second-order valence-corrected chi connectivity index (χ2v) is 4.27. The largest absolute Gasteiger partial charge is 0.507 e. The van der Waals surface area contributed by atoms with Crippen molar-refractivity contribution in [2.75, 3.05) is 18.6 Å². The van der Waals surface area contributed by atoms with Crippen molar-refractivity contribution in [1.82, 2.24) is 0 Å². The summed E-state index contributed by atoms with van der Waals surface area (Å²) in [5.74, 6) is 1.50. The van der Waals surface area contributed by atoms with E-state index in [-0.39, 0.29) is 23.1 Å². The van der Waals surface area contributed by atoms with Gasteiger partial charge in [0.25, 0.3) is 0 Å². The molecule has 1 aromatic rings. The fraction of sp³-hybridized carbons (Fsp3) is 0.286. The van der Waals surface area contributed by atoms with Crippen LogP contribution in [0, 0.1) is 18.3 Å². The zero-order valence-electron chi connectivity index (χ0n) is 10.4. The maximum Gasteiger partial charge on any atom is 0.341 e. The molecule has 0 radical (unpaired) electrons. The highest BCUT2D eigenvalue weighted by Gasteiger charge is 2.29. The number of rotatable bonds is 2. The van der Waals surface area contributed by atoms with Crippen molar-refractivity contribution in [3.63, 3.8) is 0 Å². The van der Waals surface area contributed by atoms with E-state index < -0.39 is 5.97 Å². The third-order valence-corrected chi connectivity index (χ3v) is 3.06. The number of carbonyl (C=O) groups excluding carboxylic acids is 2. The third-order valence-electron chi connectivity index (χ3n) is 3.06. The highest BCUT2D eigenvalue weighted by atomic mass is 16.5. The van der Waals surface area contributed by atoms with Crippen molar-refractivity contribution in [3.05, 3.63) is 23.8 Å². The number of aromatic hydroxyl groups is 1. The van der Waals surface area contributed by atoms with Crippen LogP contribution >= 0.6 is 0 Å². The molecule has 0 bridgehead atoms. The molecule has 0 aromatic heterocycles. The molecule has 1 saturated heterocycles. The van der Waals surface area contributed by atoms with Crippen molar-refractivity contribution in [2.24, 2.45) is 5.92 Å². The molecule has 1 unspecified atom stereocenters. The van der Waals surface area contributed by atoms with E-state index in [1.165, 1.54) is 24.1 Å². The van der Waals surface area contributed by atoms with Gasteiger partial charge in [0.2, 0.25) is 5.91 Å². The van der Waals surface area contributed by atoms with Crippen LogP contribution in [0.25, 0.3) is 0 Å². The van der Waals surface area contributed by atoms with E-state index in [4.69, 9.17) is 6.42 Å². The highest BCUT2D eigenvalue weighted by molar-refractivity contribution is 5.98. The van der Waals surface area contributed by atoms with Gasteiger partial charge in [-0.3, -0.25) is 4.79 Å². The fourth-order valence-electron chi connectivity index (χ4n) is 2.04. The lowest BCUT2D eigenvalue weighted by Gasteiger charge is -2.16. The van der Waals surface area contributed by atoms with Crippen molar-refractivity contribution in [2.45, 2.75) is 6.42 Å². The smallest absolute Gasteiger partial charge is 0.341 e. The van der Waals surface area contributed by atoms with Gasteiger partial charge in [0.05, 0.1) is 7.11 Å². The SMILES string of the molecule is C#CC1CC(=O)N(c2ccc(C(=O)OC)c(O)c2)C1. The first-order valence-electron chi connectivity index (χ1n) is 5.74. The Hall–Kier alpha value is -2.48. The summed E-state index contributed by atoms with van der Waals surface area (Å²) < 4.78 is 4.53. The topological polar surface area (TPSA) is 66.8 Å². The molecule has 5 heteroatoms. The van der Waals surface area contributed by atoms with E-state index in [1.807, 2.05) is 0 Å². The van der Waals surface area contributed by atoms with E-state index in [0.29, 0.717) is 18.7 Å². The molecule has 1 fully saturated rings. The Kier molecular flexibility index (Phi) is 3.43. The molecule has 0 aliphatic carbocycles. The van der Waals surface area contributed by atoms with Crippen LogP contribution in [0.1, 0.15) is 16.8 Å². The molecule has 2 rings (SSSR count). The van der Waals surface area contributed by atoms with Crippen LogP contribution in [0.4, 0.5) is 5.69 Å². The lowest BCUT2D eigenvalue weighted by molar-refractivity contribution is -0.117. The summed E-state index contributed by atoms with van der Waals surface area (Å²) in [5, 5.41) is 9.78. The Bertz CT molecular complexity index is 573. The first-order chi connectivity index (χ1) is 9.06. The van der Waals surface area contributed by atoms with Gasteiger partial charge in [-0.1, -0.05) is 0 Å². The number of methoxy groups -OCH3 is 1. The molecule has 1 N–H and O–H groups in total. The van der Waals surface area contributed by atoms with Crippen molar-refractivity contribution in [3.8, 4) is 18.1 Å². The van der Waals surface area contributed by atoms with Crippen molar-refractivity contribution in [1.29, 1.82) is 0 Å². The monoisotopic (exact) mass is 259 g/mol. The lowest BCUT2D eigenvalue weighted by Crippen LogP contribution is -2.24. The molecular formula is C14H13NO4. The Morgan fingerprint density at radius 1 is 1.58 bits per heavy atom. The number of terminal acetylenes is 1. The summed E-state index contributed by atoms with van der Waals surface area (Å²) in [6.45, 7) is 0.423. The molecule has 1 aliphatic heterocycles. The third kappa shape index (κ3) is 2.38. The Labute approximate surface area is 110 Å². The predicted octanol–water partition coefficient (Wildman–Crippen LogP) is 1.16. The second-order valence-electron chi connectivity index (χ2n) is 4.27. The quantitative estimate of drug-likeness (QED) is 0.639. The van der Waals surface area contributed by atoms with Gasteiger partial charge in [-0.2, -0.15) is 0 Å². The maximum atomic E-state index is 11.8. The summed E-state index contributed by atoms with van der Waals surface area (Å²) in [7, 11) is 1.23. The molecule has 1 amide bonds. The van der Waals surface area contributed by atoms with Gasteiger partial charge in [-0.15, -0.1) is 12.3 Å². The van der Waals surface area contributed by atoms with E-state index in [2.05, 4.69) is 10.7 Å². The number of carbonyl (C=O) groups is 2. The second kappa shape index (κ2) is 5.02. The molecule has 1 heterocycles. The van der Waals surface area contributed by atoms with Crippen LogP contribution in [-0.4, -0.2) is 30.6 Å². The molecule has 0 saturated carbocycles. The van der Waals surface area contributed by atoms with Gasteiger partial charge in [-0.05, 0) is 12.1 Å². The Morgan fingerprint density at radius 3 is 2.84 bits per heavy atom. The van der Waals surface area contributed by atoms with Crippen LogP contribution in [0.3, 0.4) is 0 Å². The van der Waals surface area contributed by atoms with Crippen molar-refractivity contribution < 1.29 is 19.4 Å². The first kappa shape index (κ1) is 13.0. The number of benzene rings is 1. The van der Waals surface area contributed by atoms with E-state index in [0.717, 1.165) is 0 Å². The molecule has 0 spiro atoms. The molecule has 1 aromatic carbocycles. The number of hydrogen-bond acceptors (Lipinski definition) is 4. The number of esters is 1. The van der Waals surface area contributed by atoms with E-state index in [9.17, 15) is 14.7 Å². The number of phenols is 1. The van der Waals surface area contributed by atoms with Crippen LogP contribution in [0.15, 0.2) is 18.2 Å². The standard InChI is InChI=1S/C14H13NO4/c1-3-9-6-13(17)15(8-9)10-4-5-11(12(16)7-10)14(18)19-2/h1,4-5,7,9,16H,6,8H2,2H3. The minimum Gasteiger partial charge on any atom is -0.507 e. The molecule has 19 heavy (non-hydrogen) atoms. The van der Waals surface area contributed by atoms with E-state index in [1.54, 1.807) is 6.07 Å². The molecule has 1 aliphatic rings. The summed E-state index contributed by atoms with van der Waals surface area (Å²) in [6.07, 6.45) is 5.61. The van der Waals surface area contributed by atoms with Crippen LogP contribution in [0.2, 0.25) is 0 Å². The average molecular weight is 259 g/mol. The average Bonchev–Trinajstić information content (AvgIpc) is 2.79. The molecule has 1 atom stereocenters. The maximum absolute atomic E-state index is 11.8. The number of phenolic OH excluding ortho intramolecular Hbond substituents is 1. The zero-order chi connectivity index (χ0) is 14.0. The summed E-state index contributed by atoms with van der Waals surface area (Å²) in [4.78, 5) is 24.6. The Morgan fingerprint density at radius 2 is 2.32 bits per heavy atom. The lowest BCUT2D eigenvalue weighted by atomic mass is 10.1. The molecule has 5 nitrogen and oxygen atoms in total. The van der Waals surface area contributed by atoms with Gasteiger partial charge in [0.15, 0.2) is 0 Å². The van der Waals surface area contributed by atoms with E-state index >= 15 is 0 Å². The Balaban J connectivity index is 2.28. The first-order valence-corrected chi connectivity index (χ1v) is 5.74. The zero-order valence-corrected chi connectivity index (χ0v) is 10.4. The van der Waals surface area contributed by atoms with Crippen LogP contribution in [-0.2, 0) is 9.53 Å². The summed E-state index contributed by atoms with van der Waals surface area (Å²) in [6, 6.07) is 4.37. The summed E-state index contributed by atoms with van der Waals surface area (Å²) in [5.41, 5.74) is 0.583. The fourth-order valence-corrected chi connectivity index (χ4v) is 2.04. The number of anilines is 1. The number of hydrogen-bond donors (Lipinski definition) is 1. The number of ether oxygens (including phenoxy) is 1. The summed E-state index contributed by atoms with van der Waals surface area (Å²) >= 11 is 0. The minimum atomic E-state index is -0.627. The van der Waals surface area contributed by atoms with Crippen LogP contribution in [0.5, 0.6) is 5.75 Å². The predicted molar refractivity (Wildman–Crippen MR) is 68.7 cm³/mol. The number of nitrogens with zero attached hydrogens (tertiary/aromatic N) is 1. The van der Waals surface area contributed by atoms with Gasteiger partial charge in [-0.25, -0.2) is 4.79 Å².